The van der Waals surface area contributed by atoms with Crippen LogP contribution in [0, 0.1) is 0 Å². The van der Waals surface area contributed by atoms with Crippen LogP contribution in [0.15, 0.2) is 36.1 Å². The van der Waals surface area contributed by atoms with Crippen LogP contribution in [-0.4, -0.2) is 18.0 Å². The molecule has 1 aromatic rings. The molecule has 126 valence electrons. The maximum Gasteiger partial charge on any atom is 0.353 e. The largest absolute Gasteiger partial charge is 0.465 e. The van der Waals surface area contributed by atoms with Crippen molar-refractivity contribution in [1.82, 2.24) is 0 Å². The zero-order valence-electron chi connectivity index (χ0n) is 14.2. The molecule has 0 radical (unpaired) electrons. The van der Waals surface area contributed by atoms with Crippen LogP contribution < -0.4 is 9.47 Å². The Balaban J connectivity index is 1.89. The van der Waals surface area contributed by atoms with Gasteiger partial charge in [-0.3, -0.25) is 0 Å². The number of carbonyl (C=O) groups excluding carboxylic acids is 2. The predicted octanol–water partition coefficient (Wildman–Crippen LogP) is 3.21. The molecule has 0 saturated heterocycles. The van der Waals surface area contributed by atoms with Gasteiger partial charge in [0.25, 0.3) is 0 Å². The van der Waals surface area contributed by atoms with Gasteiger partial charge >= 0.3 is 11.9 Å². The van der Waals surface area contributed by atoms with Crippen molar-refractivity contribution in [1.29, 1.82) is 0 Å². The fourth-order valence-corrected chi connectivity index (χ4v) is 2.71. The van der Waals surface area contributed by atoms with Crippen LogP contribution in [0.5, 0.6) is 11.5 Å². The molecule has 2 heterocycles. The first-order valence-corrected chi connectivity index (χ1v) is 7.89. The smallest absolute Gasteiger partial charge is 0.353 e. The zero-order valence-corrected chi connectivity index (χ0v) is 14.2. The summed E-state index contributed by atoms with van der Waals surface area (Å²) in [5, 5.41) is 0. The number of fused-ring (bicyclic) bond motifs is 2. The second-order valence-corrected chi connectivity index (χ2v) is 6.59. The lowest BCUT2D eigenvalue weighted by Gasteiger charge is -2.30. The summed E-state index contributed by atoms with van der Waals surface area (Å²) in [7, 11) is 0. The van der Waals surface area contributed by atoms with Crippen molar-refractivity contribution in [2.24, 2.45) is 0 Å². The van der Waals surface area contributed by atoms with Crippen LogP contribution in [0.3, 0.4) is 0 Å². The molecule has 0 bridgehead atoms. The monoisotopic (exact) mass is 328 g/mol. The fourth-order valence-electron chi connectivity index (χ4n) is 2.71. The van der Waals surface area contributed by atoms with Crippen LogP contribution in [0.4, 0.5) is 0 Å². The van der Waals surface area contributed by atoms with E-state index in [4.69, 9.17) is 14.2 Å². The number of rotatable bonds is 2. The molecule has 0 N–H and O–H groups in total. The highest BCUT2D eigenvalue weighted by Crippen LogP contribution is 2.42. The zero-order chi connectivity index (χ0) is 17.5. The number of benzene rings is 1. The lowest BCUT2D eigenvalue weighted by Crippen LogP contribution is -2.37. The van der Waals surface area contributed by atoms with Gasteiger partial charge in [-0.05, 0) is 32.1 Å². The van der Waals surface area contributed by atoms with Crippen LogP contribution >= 0.6 is 0 Å². The Hall–Kier alpha value is -2.56. The van der Waals surface area contributed by atoms with Crippen molar-refractivity contribution in [3.8, 4) is 11.5 Å². The van der Waals surface area contributed by atoms with E-state index in [1.54, 1.807) is 26.2 Å². The van der Waals surface area contributed by atoms with Gasteiger partial charge in [0.2, 0.25) is 6.10 Å². The van der Waals surface area contributed by atoms with Gasteiger partial charge in [-0.2, -0.15) is 0 Å². The quantitative estimate of drug-likeness (QED) is 0.474. The molecule has 24 heavy (non-hydrogen) atoms. The van der Waals surface area contributed by atoms with Crippen LogP contribution in [0.1, 0.15) is 38.8 Å². The van der Waals surface area contributed by atoms with Crippen molar-refractivity contribution in [3.63, 3.8) is 0 Å². The van der Waals surface area contributed by atoms with Gasteiger partial charge in [0, 0.05) is 28.5 Å². The number of esters is 2. The summed E-state index contributed by atoms with van der Waals surface area (Å²) in [5.74, 6) is 0.167. The molecular formula is C19H20O5. The van der Waals surface area contributed by atoms with Crippen molar-refractivity contribution < 1.29 is 23.8 Å². The first kappa shape index (κ1) is 16.3. The van der Waals surface area contributed by atoms with E-state index in [1.807, 2.05) is 18.2 Å². The van der Waals surface area contributed by atoms with E-state index in [2.05, 4.69) is 13.8 Å². The lowest BCUT2D eigenvalue weighted by molar-refractivity contribution is -0.160. The third-order valence-electron chi connectivity index (χ3n) is 4.42. The summed E-state index contributed by atoms with van der Waals surface area (Å²) >= 11 is 0. The second-order valence-electron chi connectivity index (χ2n) is 6.59. The molecule has 0 spiro atoms. The molecule has 2 aliphatic rings. The van der Waals surface area contributed by atoms with E-state index >= 15 is 0 Å². The van der Waals surface area contributed by atoms with E-state index in [0.717, 1.165) is 16.9 Å². The Morgan fingerprint density at radius 1 is 1.33 bits per heavy atom. The molecule has 2 aliphatic heterocycles. The topological polar surface area (TPSA) is 61.8 Å². The van der Waals surface area contributed by atoms with E-state index in [-0.39, 0.29) is 11.8 Å². The highest BCUT2D eigenvalue weighted by Gasteiger charge is 2.35. The Bertz CT molecular complexity index is 770. The number of ether oxygens (including phenoxy) is 3. The molecule has 0 aromatic heterocycles. The summed E-state index contributed by atoms with van der Waals surface area (Å²) < 4.78 is 16.3. The standard InChI is InChI=1S/C19H20O5/c1-5-11(2)17(20)24-16-9-12-8-15-13(10-14(12)23-18(16)21)19(3,4)6-7-22-15/h5-8,10,16H,9H2,1-4H3. The van der Waals surface area contributed by atoms with Gasteiger partial charge in [0.1, 0.15) is 11.5 Å². The minimum Gasteiger partial charge on any atom is -0.465 e. The summed E-state index contributed by atoms with van der Waals surface area (Å²) in [5.41, 5.74) is 1.99. The van der Waals surface area contributed by atoms with Gasteiger partial charge in [0.15, 0.2) is 0 Å². The highest BCUT2D eigenvalue weighted by molar-refractivity contribution is 5.91. The van der Waals surface area contributed by atoms with Crippen molar-refractivity contribution in [3.05, 3.63) is 47.2 Å². The Morgan fingerprint density at radius 2 is 2.08 bits per heavy atom. The second kappa shape index (κ2) is 5.82. The predicted molar refractivity (Wildman–Crippen MR) is 87.9 cm³/mol. The van der Waals surface area contributed by atoms with Gasteiger partial charge < -0.3 is 14.2 Å². The third-order valence-corrected chi connectivity index (χ3v) is 4.42. The number of carbonyl (C=O) groups is 2. The fraction of sp³-hybridized carbons (Fsp3) is 0.368. The van der Waals surface area contributed by atoms with Crippen molar-refractivity contribution >= 4 is 11.9 Å². The van der Waals surface area contributed by atoms with E-state index in [1.165, 1.54) is 0 Å². The van der Waals surface area contributed by atoms with E-state index in [9.17, 15) is 9.59 Å². The van der Waals surface area contributed by atoms with Gasteiger partial charge in [0.05, 0.1) is 6.26 Å². The molecule has 5 heteroatoms. The Morgan fingerprint density at radius 3 is 2.79 bits per heavy atom. The maximum atomic E-state index is 12.2. The molecular weight excluding hydrogens is 308 g/mol. The summed E-state index contributed by atoms with van der Waals surface area (Å²) in [6.07, 6.45) is 4.60. The lowest BCUT2D eigenvalue weighted by atomic mass is 9.82. The van der Waals surface area contributed by atoms with E-state index < -0.39 is 18.0 Å². The highest BCUT2D eigenvalue weighted by atomic mass is 16.6. The normalized spacial score (nSPS) is 21.2. The molecule has 0 aliphatic carbocycles. The molecule has 0 saturated carbocycles. The molecule has 1 atom stereocenters. The van der Waals surface area contributed by atoms with E-state index in [0.29, 0.717) is 11.3 Å². The molecule has 5 nitrogen and oxygen atoms in total. The number of hydrogen-bond donors (Lipinski definition) is 0. The first-order valence-electron chi connectivity index (χ1n) is 7.89. The Labute approximate surface area is 140 Å². The minimum absolute atomic E-state index is 0.207. The van der Waals surface area contributed by atoms with Gasteiger partial charge in [-0.25, -0.2) is 9.59 Å². The maximum absolute atomic E-state index is 12.2. The third kappa shape index (κ3) is 2.82. The molecule has 1 unspecified atom stereocenters. The van der Waals surface area contributed by atoms with Crippen molar-refractivity contribution in [2.75, 3.05) is 0 Å². The van der Waals surface area contributed by atoms with Crippen LogP contribution in [0.25, 0.3) is 0 Å². The van der Waals surface area contributed by atoms with Crippen LogP contribution in [0.2, 0.25) is 0 Å². The first-order chi connectivity index (χ1) is 11.3. The van der Waals surface area contributed by atoms with Gasteiger partial charge in [-0.1, -0.05) is 19.9 Å². The minimum atomic E-state index is -0.940. The average molecular weight is 328 g/mol. The number of allylic oxidation sites excluding steroid dienone is 2. The molecule has 0 amide bonds. The average Bonchev–Trinajstić information content (AvgIpc) is 2.53. The van der Waals surface area contributed by atoms with Crippen LogP contribution in [-0.2, 0) is 26.2 Å². The molecule has 1 aromatic carbocycles. The summed E-state index contributed by atoms with van der Waals surface area (Å²) in [6, 6.07) is 3.69. The van der Waals surface area contributed by atoms with Gasteiger partial charge in [-0.15, -0.1) is 0 Å². The Kier molecular flexibility index (Phi) is 3.95. The number of hydrogen-bond acceptors (Lipinski definition) is 5. The summed E-state index contributed by atoms with van der Waals surface area (Å²) in [6.45, 7) is 7.51. The van der Waals surface area contributed by atoms with Crippen molar-refractivity contribution in [2.45, 2.75) is 45.6 Å². The summed E-state index contributed by atoms with van der Waals surface area (Å²) in [4.78, 5) is 24.1. The SMILES string of the molecule is CC=C(C)C(=O)OC1Cc2cc3c(cc2OC1=O)C(C)(C)C=CO3. The molecule has 3 rings (SSSR count). The molecule has 0 fully saturated rings.